The molecule has 2 atom stereocenters. The van der Waals surface area contributed by atoms with Gasteiger partial charge in [0, 0.05) is 16.9 Å². The van der Waals surface area contributed by atoms with Crippen LogP contribution in [0.25, 0.3) is 0 Å². The smallest absolute Gasteiger partial charge is 0.239 e. The van der Waals surface area contributed by atoms with Gasteiger partial charge in [-0.2, -0.15) is 0 Å². The molecule has 1 aliphatic rings. The molecule has 2 aromatic rings. The molecule has 1 fully saturated rings. The van der Waals surface area contributed by atoms with Crippen molar-refractivity contribution in [1.82, 2.24) is 5.32 Å². The van der Waals surface area contributed by atoms with Crippen LogP contribution in [0.2, 0.25) is 0 Å². The topological polar surface area (TPSA) is 63.2 Å². The van der Waals surface area contributed by atoms with Crippen LogP contribution >= 0.6 is 11.8 Å². The molecule has 5 heteroatoms. The molecule has 1 amide bonds. The largest absolute Gasteiger partial charge is 0.348 e. The third-order valence-electron chi connectivity index (χ3n) is 4.14. The summed E-state index contributed by atoms with van der Waals surface area (Å²) in [5, 5.41) is 2.81. The number of Topliss-reactive ketones (excluding diaryl/α,β-unsaturated/α-hetero) is 2. The van der Waals surface area contributed by atoms with Crippen LogP contribution in [0.5, 0.6) is 0 Å². The van der Waals surface area contributed by atoms with Crippen LogP contribution in [0.4, 0.5) is 0 Å². The standard InChI is InChI=1S/C19H17NO3S/c1-24-16-10-6-5-9-13(16)18(22)17-15(21)11-14(20-19(17)23)12-7-3-2-4-8-12/h2-10,14,17H,11H2,1H3,(H,20,23). The molecule has 2 unspecified atom stereocenters. The third kappa shape index (κ3) is 3.12. The van der Waals surface area contributed by atoms with Gasteiger partial charge in [-0.3, -0.25) is 14.4 Å². The van der Waals surface area contributed by atoms with E-state index in [4.69, 9.17) is 0 Å². The number of hydrogen-bond acceptors (Lipinski definition) is 4. The first kappa shape index (κ1) is 16.5. The van der Waals surface area contributed by atoms with Gasteiger partial charge >= 0.3 is 0 Å². The Hall–Kier alpha value is -2.40. The normalized spacial score (nSPS) is 20.5. The number of ketones is 2. The van der Waals surface area contributed by atoms with Crippen molar-refractivity contribution >= 4 is 29.2 Å². The Balaban J connectivity index is 1.85. The van der Waals surface area contributed by atoms with E-state index < -0.39 is 17.6 Å². The van der Waals surface area contributed by atoms with E-state index in [9.17, 15) is 14.4 Å². The van der Waals surface area contributed by atoms with Crippen molar-refractivity contribution in [3.63, 3.8) is 0 Å². The van der Waals surface area contributed by atoms with Crippen molar-refractivity contribution in [3.8, 4) is 0 Å². The average Bonchev–Trinajstić information content (AvgIpc) is 2.61. The number of rotatable bonds is 4. The summed E-state index contributed by atoms with van der Waals surface area (Å²) in [5.74, 6) is -2.51. The lowest BCUT2D eigenvalue weighted by Gasteiger charge is -2.28. The van der Waals surface area contributed by atoms with Crippen molar-refractivity contribution in [1.29, 1.82) is 0 Å². The molecule has 1 heterocycles. The average molecular weight is 339 g/mol. The monoisotopic (exact) mass is 339 g/mol. The van der Waals surface area contributed by atoms with Crippen LogP contribution in [-0.2, 0) is 9.59 Å². The molecule has 122 valence electrons. The molecule has 0 bridgehead atoms. The lowest BCUT2D eigenvalue weighted by molar-refractivity contribution is -0.136. The molecular formula is C19H17NO3S. The second kappa shape index (κ2) is 7.01. The van der Waals surface area contributed by atoms with Crippen molar-refractivity contribution in [2.24, 2.45) is 5.92 Å². The van der Waals surface area contributed by atoms with Crippen LogP contribution in [0.1, 0.15) is 28.4 Å². The Morgan fingerprint density at radius 3 is 2.38 bits per heavy atom. The van der Waals surface area contributed by atoms with Crippen molar-refractivity contribution in [3.05, 3.63) is 65.7 Å². The summed E-state index contributed by atoms with van der Waals surface area (Å²) >= 11 is 1.42. The van der Waals surface area contributed by atoms with Crippen molar-refractivity contribution in [2.75, 3.05) is 6.26 Å². The zero-order chi connectivity index (χ0) is 17.1. The molecule has 1 saturated heterocycles. The van der Waals surface area contributed by atoms with Gasteiger partial charge in [0.15, 0.2) is 17.5 Å². The lowest BCUT2D eigenvalue weighted by Crippen LogP contribution is -2.48. The van der Waals surface area contributed by atoms with Gasteiger partial charge in [0.2, 0.25) is 5.91 Å². The molecule has 4 nitrogen and oxygen atoms in total. The molecule has 24 heavy (non-hydrogen) atoms. The summed E-state index contributed by atoms with van der Waals surface area (Å²) < 4.78 is 0. The Labute approximate surface area is 144 Å². The number of thioether (sulfide) groups is 1. The number of amides is 1. The van der Waals surface area contributed by atoms with E-state index in [-0.39, 0.29) is 18.2 Å². The van der Waals surface area contributed by atoms with Gasteiger partial charge in [-0.1, -0.05) is 48.5 Å². The van der Waals surface area contributed by atoms with E-state index >= 15 is 0 Å². The van der Waals surface area contributed by atoms with Crippen LogP contribution in [0.3, 0.4) is 0 Å². The van der Waals surface area contributed by atoms with E-state index in [1.807, 2.05) is 48.7 Å². The highest BCUT2D eigenvalue weighted by atomic mass is 32.2. The zero-order valence-corrected chi connectivity index (χ0v) is 14.0. The Morgan fingerprint density at radius 1 is 1.04 bits per heavy atom. The van der Waals surface area contributed by atoms with Gasteiger partial charge in [0.25, 0.3) is 0 Å². The highest BCUT2D eigenvalue weighted by molar-refractivity contribution is 7.98. The first-order chi connectivity index (χ1) is 11.6. The number of benzene rings is 2. The van der Waals surface area contributed by atoms with Crippen molar-refractivity contribution in [2.45, 2.75) is 17.4 Å². The maximum atomic E-state index is 12.7. The zero-order valence-electron chi connectivity index (χ0n) is 13.2. The molecule has 0 aliphatic carbocycles. The van der Waals surface area contributed by atoms with Gasteiger partial charge in [-0.25, -0.2) is 0 Å². The van der Waals surface area contributed by atoms with E-state index in [1.165, 1.54) is 11.8 Å². The number of hydrogen-bond donors (Lipinski definition) is 1. The summed E-state index contributed by atoms with van der Waals surface area (Å²) in [6, 6.07) is 16.0. The summed E-state index contributed by atoms with van der Waals surface area (Å²) in [7, 11) is 0. The van der Waals surface area contributed by atoms with Crippen LogP contribution in [0.15, 0.2) is 59.5 Å². The summed E-state index contributed by atoms with van der Waals surface area (Å²) in [4.78, 5) is 38.5. The first-order valence-electron chi connectivity index (χ1n) is 7.67. The minimum absolute atomic E-state index is 0.133. The Morgan fingerprint density at radius 2 is 1.71 bits per heavy atom. The SMILES string of the molecule is CSc1ccccc1C(=O)C1C(=O)CC(c2ccccc2)NC1=O. The highest BCUT2D eigenvalue weighted by Gasteiger charge is 2.41. The van der Waals surface area contributed by atoms with E-state index in [0.717, 1.165) is 10.5 Å². The minimum Gasteiger partial charge on any atom is -0.348 e. The van der Waals surface area contributed by atoms with Crippen LogP contribution < -0.4 is 5.32 Å². The molecule has 0 saturated carbocycles. The number of piperidine rings is 1. The van der Waals surface area contributed by atoms with Gasteiger partial charge in [-0.15, -0.1) is 11.8 Å². The first-order valence-corrected chi connectivity index (χ1v) is 8.89. The van der Waals surface area contributed by atoms with Crippen LogP contribution in [0, 0.1) is 5.92 Å². The summed E-state index contributed by atoms with van der Waals surface area (Å²) in [6.45, 7) is 0. The number of carbonyl (C=O) groups excluding carboxylic acids is 3. The molecule has 0 radical (unpaired) electrons. The quantitative estimate of drug-likeness (QED) is 0.528. The predicted molar refractivity (Wildman–Crippen MR) is 93.0 cm³/mol. The second-order valence-corrected chi connectivity index (χ2v) is 6.49. The summed E-state index contributed by atoms with van der Waals surface area (Å²) in [6.07, 6.45) is 1.99. The maximum Gasteiger partial charge on any atom is 0.239 e. The van der Waals surface area contributed by atoms with Gasteiger partial charge in [0.1, 0.15) is 0 Å². The molecule has 1 N–H and O–H groups in total. The molecule has 0 spiro atoms. The fourth-order valence-corrected chi connectivity index (χ4v) is 3.53. The Kier molecular flexibility index (Phi) is 4.81. The highest BCUT2D eigenvalue weighted by Crippen LogP contribution is 2.28. The number of nitrogens with one attached hydrogen (secondary N) is 1. The van der Waals surface area contributed by atoms with E-state index in [0.29, 0.717) is 5.56 Å². The molecular weight excluding hydrogens is 322 g/mol. The molecule has 2 aromatic carbocycles. The van der Waals surface area contributed by atoms with Gasteiger partial charge < -0.3 is 5.32 Å². The lowest BCUT2D eigenvalue weighted by atomic mass is 9.84. The Bertz CT molecular complexity index is 770. The molecule has 0 aromatic heterocycles. The third-order valence-corrected chi connectivity index (χ3v) is 4.94. The van der Waals surface area contributed by atoms with Crippen molar-refractivity contribution < 1.29 is 14.4 Å². The van der Waals surface area contributed by atoms with Gasteiger partial charge in [0.05, 0.1) is 6.04 Å². The van der Waals surface area contributed by atoms with Gasteiger partial charge in [-0.05, 0) is 17.9 Å². The molecule has 3 rings (SSSR count). The summed E-state index contributed by atoms with van der Waals surface area (Å²) in [5.41, 5.74) is 1.30. The predicted octanol–water partition coefficient (Wildman–Crippen LogP) is 3.04. The molecule has 1 aliphatic heterocycles. The fraction of sp³-hybridized carbons (Fsp3) is 0.211. The van der Waals surface area contributed by atoms with E-state index in [2.05, 4.69) is 5.32 Å². The fourth-order valence-electron chi connectivity index (χ4n) is 2.93. The maximum absolute atomic E-state index is 12.7. The second-order valence-electron chi connectivity index (χ2n) is 5.64. The van der Waals surface area contributed by atoms with E-state index in [1.54, 1.807) is 12.1 Å². The number of carbonyl (C=O) groups is 3. The van der Waals surface area contributed by atoms with Crippen LogP contribution in [-0.4, -0.2) is 23.7 Å². The minimum atomic E-state index is -1.25.